The minimum absolute atomic E-state index is 0. The van der Waals surface area contributed by atoms with E-state index in [1.165, 1.54) is 27.6 Å². The Kier molecular flexibility index (Phi) is 6.79. The quantitative estimate of drug-likeness (QED) is 0.167. The number of hydrogen-bond acceptors (Lipinski definition) is 5. The fraction of sp³-hybridized carbons (Fsp3) is 0.0476. The number of anilines is 3. The van der Waals surface area contributed by atoms with Gasteiger partial charge in [-0.1, -0.05) is 78.3 Å². The molecule has 2 aliphatic rings. The van der Waals surface area contributed by atoms with E-state index in [-0.39, 0.29) is 21.1 Å². The second-order valence-corrected chi connectivity index (χ2v) is 12.3. The van der Waals surface area contributed by atoms with Crippen molar-refractivity contribution in [1.29, 1.82) is 0 Å². The van der Waals surface area contributed by atoms with Crippen LogP contribution in [-0.2, 0) is 26.5 Å². The third-order valence-electron chi connectivity index (χ3n) is 9.77. The number of pyridine rings is 1. The standard InChI is InChI=1S/C42H27N6.Pt/c1-46-27-47(41-40(46)44-23-24-45-41)30-12-10-11-28(25-30)42(35-16-5-2-13-31(35)32-14-3-6-17-36(32)42)29-20-21-34-33-15-4-7-18-37(33)48(38(34)26-29)39-19-8-9-22-43-39;/h2-24,27H,1H3;/q-3;. The first-order valence-electron chi connectivity index (χ1n) is 16.0. The molecule has 5 aromatic carbocycles. The average Bonchev–Trinajstić information content (AvgIpc) is 3.78. The maximum absolute atomic E-state index is 4.79. The van der Waals surface area contributed by atoms with Gasteiger partial charge in [-0.3, -0.25) is 0 Å². The Labute approximate surface area is 298 Å². The summed E-state index contributed by atoms with van der Waals surface area (Å²) in [7, 11) is 1.99. The van der Waals surface area contributed by atoms with Crippen LogP contribution in [-0.4, -0.2) is 26.6 Å². The van der Waals surface area contributed by atoms with Gasteiger partial charge in [-0.2, -0.15) is 42.5 Å². The monoisotopic (exact) mass is 810 g/mol. The molecule has 4 heterocycles. The number of rotatable bonds is 4. The van der Waals surface area contributed by atoms with Gasteiger partial charge in [0.25, 0.3) is 0 Å². The molecule has 0 radical (unpaired) electrons. The number of aromatic nitrogens is 4. The second kappa shape index (κ2) is 11.3. The molecule has 238 valence electrons. The first-order valence-corrected chi connectivity index (χ1v) is 16.0. The predicted octanol–water partition coefficient (Wildman–Crippen LogP) is 8.64. The van der Waals surface area contributed by atoms with E-state index in [4.69, 9.17) is 9.97 Å². The molecule has 3 aromatic heterocycles. The Morgan fingerprint density at radius 2 is 1.29 bits per heavy atom. The molecule has 1 aliphatic carbocycles. The topological polar surface area (TPSA) is 50.1 Å². The summed E-state index contributed by atoms with van der Waals surface area (Å²) in [6.07, 6.45) is 5.31. The fourth-order valence-corrected chi connectivity index (χ4v) is 7.81. The van der Waals surface area contributed by atoms with Gasteiger partial charge in [0.05, 0.1) is 0 Å². The van der Waals surface area contributed by atoms with Crippen LogP contribution in [0, 0.1) is 18.8 Å². The summed E-state index contributed by atoms with van der Waals surface area (Å²) < 4.78 is 2.24. The van der Waals surface area contributed by atoms with Crippen molar-refractivity contribution in [1.82, 2.24) is 19.5 Å². The normalized spacial score (nSPS) is 14.1. The van der Waals surface area contributed by atoms with Gasteiger partial charge in [-0.05, 0) is 52.9 Å². The smallest absolute Gasteiger partial charge is 0.143 e. The summed E-state index contributed by atoms with van der Waals surface area (Å²) >= 11 is 0. The Hall–Kier alpha value is -5.58. The summed E-state index contributed by atoms with van der Waals surface area (Å²) in [6, 6.07) is 50.9. The molecule has 1 aliphatic heterocycles. The van der Waals surface area contributed by atoms with Crippen LogP contribution in [0.5, 0.6) is 0 Å². The molecule has 7 heteroatoms. The van der Waals surface area contributed by atoms with Crippen LogP contribution in [0.4, 0.5) is 17.3 Å². The fourth-order valence-electron chi connectivity index (χ4n) is 7.81. The minimum atomic E-state index is -0.695. The van der Waals surface area contributed by atoms with Gasteiger partial charge in [0, 0.05) is 50.6 Å². The van der Waals surface area contributed by atoms with Crippen LogP contribution in [0.25, 0.3) is 38.8 Å². The number of nitrogens with zero attached hydrogens (tertiary/aromatic N) is 6. The Morgan fingerprint density at radius 1 is 0.592 bits per heavy atom. The third-order valence-corrected chi connectivity index (χ3v) is 9.77. The first kappa shape index (κ1) is 29.5. The molecule has 8 aromatic rings. The SMILES string of the molecule is CN1[CH-]N(c2[c-]c(C3(c4[c-]c5c(cc4)c4ccccc4n5-c4ccccn4)c4ccccc4-c4ccccc43)ccc2)c2nccnc21.[Pt]. The predicted molar refractivity (Wildman–Crippen MR) is 190 cm³/mol. The van der Waals surface area contributed by atoms with Crippen molar-refractivity contribution >= 4 is 39.1 Å². The van der Waals surface area contributed by atoms with E-state index in [9.17, 15) is 0 Å². The number of fused-ring (bicyclic) bond motifs is 7. The van der Waals surface area contributed by atoms with Gasteiger partial charge in [0.2, 0.25) is 0 Å². The second-order valence-electron chi connectivity index (χ2n) is 12.3. The zero-order chi connectivity index (χ0) is 31.8. The number of benzene rings is 5. The summed E-state index contributed by atoms with van der Waals surface area (Å²) in [4.78, 5) is 18.1. The van der Waals surface area contributed by atoms with Crippen LogP contribution < -0.4 is 9.80 Å². The van der Waals surface area contributed by atoms with Crippen LogP contribution in [0.1, 0.15) is 22.3 Å². The van der Waals surface area contributed by atoms with E-state index in [2.05, 4.69) is 136 Å². The van der Waals surface area contributed by atoms with Gasteiger partial charge >= 0.3 is 0 Å². The molecule has 0 spiro atoms. The van der Waals surface area contributed by atoms with Gasteiger partial charge in [0.15, 0.2) is 0 Å². The molecule has 0 bridgehead atoms. The summed E-state index contributed by atoms with van der Waals surface area (Å²) in [5, 5.41) is 2.31. The van der Waals surface area contributed by atoms with Gasteiger partial charge in [0.1, 0.15) is 17.5 Å². The summed E-state index contributed by atoms with van der Waals surface area (Å²) in [6.45, 7) is 2.02. The van der Waals surface area contributed by atoms with Crippen molar-refractivity contribution in [2.24, 2.45) is 0 Å². The molecule has 0 unspecified atom stereocenters. The van der Waals surface area contributed by atoms with E-state index >= 15 is 0 Å². The van der Waals surface area contributed by atoms with E-state index in [0.29, 0.717) is 0 Å². The van der Waals surface area contributed by atoms with Crippen molar-refractivity contribution in [3.05, 3.63) is 181 Å². The molecule has 0 saturated heterocycles. The maximum Gasteiger partial charge on any atom is 0.143 e. The van der Waals surface area contributed by atoms with Crippen molar-refractivity contribution in [2.45, 2.75) is 5.41 Å². The Morgan fingerprint density at radius 3 is 2.06 bits per heavy atom. The van der Waals surface area contributed by atoms with Crippen molar-refractivity contribution < 1.29 is 21.1 Å². The van der Waals surface area contributed by atoms with E-state index < -0.39 is 5.41 Å². The minimum Gasteiger partial charge on any atom is -0.487 e. The molecular weight excluding hydrogens is 784 g/mol. The molecule has 0 amide bonds. The summed E-state index contributed by atoms with van der Waals surface area (Å²) in [5.41, 5.74) is 9.21. The third kappa shape index (κ3) is 4.14. The molecule has 0 fully saturated rings. The zero-order valence-corrected chi connectivity index (χ0v) is 28.6. The van der Waals surface area contributed by atoms with Crippen LogP contribution >= 0.6 is 0 Å². The van der Waals surface area contributed by atoms with Crippen LogP contribution in [0.15, 0.2) is 140 Å². The molecule has 0 atom stereocenters. The molecule has 49 heavy (non-hydrogen) atoms. The van der Waals surface area contributed by atoms with Gasteiger partial charge < -0.3 is 14.4 Å². The van der Waals surface area contributed by atoms with Crippen molar-refractivity contribution in [3.63, 3.8) is 0 Å². The van der Waals surface area contributed by atoms with Crippen molar-refractivity contribution in [3.8, 4) is 16.9 Å². The van der Waals surface area contributed by atoms with Gasteiger partial charge in [-0.15, -0.1) is 28.9 Å². The largest absolute Gasteiger partial charge is 0.487 e. The molecule has 0 N–H and O–H groups in total. The van der Waals surface area contributed by atoms with Crippen LogP contribution in [0.2, 0.25) is 0 Å². The van der Waals surface area contributed by atoms with E-state index in [1.807, 2.05) is 36.9 Å². The molecule has 10 rings (SSSR count). The number of para-hydroxylation sites is 1. The van der Waals surface area contributed by atoms with E-state index in [0.717, 1.165) is 50.7 Å². The zero-order valence-electron chi connectivity index (χ0n) is 26.4. The Balaban J connectivity index is 0.00000325. The molecule has 6 nitrogen and oxygen atoms in total. The average molecular weight is 811 g/mol. The summed E-state index contributed by atoms with van der Waals surface area (Å²) in [5.74, 6) is 2.45. The van der Waals surface area contributed by atoms with Crippen molar-refractivity contribution in [2.75, 3.05) is 16.8 Å². The van der Waals surface area contributed by atoms with Gasteiger partial charge in [-0.25, -0.2) is 15.0 Å². The van der Waals surface area contributed by atoms with Crippen LogP contribution in [0.3, 0.4) is 0 Å². The maximum atomic E-state index is 4.79. The first-order chi connectivity index (χ1) is 23.7. The molecular formula is C42H27N6Pt-3. The number of hydrogen-bond donors (Lipinski definition) is 0. The van der Waals surface area contributed by atoms with E-state index in [1.54, 1.807) is 12.4 Å². The Bertz CT molecular complexity index is 2500. The molecule has 0 saturated carbocycles.